The second-order valence-electron chi connectivity index (χ2n) is 9.15. The van der Waals surface area contributed by atoms with Gasteiger partial charge in [0.05, 0.1) is 6.10 Å². The van der Waals surface area contributed by atoms with Crippen molar-refractivity contribution in [1.82, 2.24) is 15.1 Å². The molecule has 2 saturated heterocycles. The van der Waals surface area contributed by atoms with Gasteiger partial charge in [-0.2, -0.15) is 0 Å². The van der Waals surface area contributed by atoms with E-state index >= 15 is 0 Å². The van der Waals surface area contributed by atoms with Gasteiger partial charge in [0.1, 0.15) is 11.9 Å². The van der Waals surface area contributed by atoms with E-state index in [9.17, 15) is 14.7 Å². The molecule has 0 unspecified atom stereocenters. The fraction of sp³-hybridized carbons (Fsp3) is 0.667. The average Bonchev–Trinajstić information content (AvgIpc) is 3.63. The van der Waals surface area contributed by atoms with Crippen LogP contribution in [0.5, 0.6) is 5.75 Å². The van der Waals surface area contributed by atoms with Gasteiger partial charge in [0.25, 0.3) is 5.91 Å². The Morgan fingerprint density at radius 2 is 1.77 bits per heavy atom. The number of ether oxygens (including phenoxy) is 1. The second-order valence-corrected chi connectivity index (χ2v) is 9.15. The number of aliphatic hydroxyl groups excluding tert-OH is 1. The average molecular weight is 430 g/mol. The molecule has 0 aromatic heterocycles. The standard InChI is InChI=1S/C24H35N3O4/c28-20-3-1-13-26(17-20)14-2-12-25-23(29)18-6-8-21(9-7-18)31-22-10-15-27(16-11-22)24(30)19-4-5-19/h6-9,19-20,22,28H,1-5,10-17H2,(H,25,29)/t20-/m0/s1. The first-order chi connectivity index (χ1) is 15.1. The van der Waals surface area contributed by atoms with Crippen LogP contribution in [0, 0.1) is 5.92 Å². The molecule has 0 radical (unpaired) electrons. The van der Waals surface area contributed by atoms with E-state index in [1.807, 2.05) is 17.0 Å². The van der Waals surface area contributed by atoms with Crippen LogP contribution in [0.4, 0.5) is 0 Å². The van der Waals surface area contributed by atoms with Crippen molar-refractivity contribution in [2.45, 2.75) is 57.2 Å². The molecule has 1 atom stereocenters. The van der Waals surface area contributed by atoms with Gasteiger partial charge in [0, 0.05) is 50.5 Å². The Kier molecular flexibility index (Phi) is 7.45. The molecule has 0 bridgehead atoms. The molecule has 7 heteroatoms. The van der Waals surface area contributed by atoms with Crippen molar-refractivity contribution in [2.24, 2.45) is 5.92 Å². The summed E-state index contributed by atoms with van der Waals surface area (Å²) in [6.45, 7) is 4.85. The summed E-state index contributed by atoms with van der Waals surface area (Å²) < 4.78 is 6.07. The van der Waals surface area contributed by atoms with Crippen LogP contribution < -0.4 is 10.1 Å². The molecule has 2 aliphatic heterocycles. The minimum atomic E-state index is -0.207. The lowest BCUT2D eigenvalue weighted by Gasteiger charge is -2.32. The first-order valence-corrected chi connectivity index (χ1v) is 11.8. The third-order valence-electron chi connectivity index (χ3n) is 6.52. The van der Waals surface area contributed by atoms with Crippen LogP contribution in [0.2, 0.25) is 0 Å². The fourth-order valence-corrected chi connectivity index (χ4v) is 4.50. The van der Waals surface area contributed by atoms with E-state index in [1.54, 1.807) is 12.1 Å². The molecule has 1 aromatic rings. The highest BCUT2D eigenvalue weighted by molar-refractivity contribution is 5.94. The summed E-state index contributed by atoms with van der Waals surface area (Å²) in [4.78, 5) is 28.8. The van der Waals surface area contributed by atoms with E-state index in [0.29, 0.717) is 18.0 Å². The Labute approximate surface area is 184 Å². The number of amides is 2. The van der Waals surface area contributed by atoms with E-state index in [2.05, 4.69) is 10.2 Å². The van der Waals surface area contributed by atoms with Crippen LogP contribution in [-0.4, -0.2) is 78.2 Å². The summed E-state index contributed by atoms with van der Waals surface area (Å²) in [5.74, 6) is 1.31. The normalized spacial score (nSPS) is 22.9. The molecule has 31 heavy (non-hydrogen) atoms. The van der Waals surface area contributed by atoms with Gasteiger partial charge >= 0.3 is 0 Å². The largest absolute Gasteiger partial charge is 0.490 e. The number of nitrogens with one attached hydrogen (secondary N) is 1. The van der Waals surface area contributed by atoms with Crippen molar-refractivity contribution >= 4 is 11.8 Å². The van der Waals surface area contributed by atoms with Crippen molar-refractivity contribution < 1.29 is 19.4 Å². The Balaban J connectivity index is 1.14. The lowest BCUT2D eigenvalue weighted by atomic mass is 10.1. The minimum Gasteiger partial charge on any atom is -0.490 e. The van der Waals surface area contributed by atoms with E-state index in [0.717, 1.165) is 83.4 Å². The SMILES string of the molecule is O=C(NCCCN1CCC[C@H](O)C1)c1ccc(OC2CCN(C(=O)C3CC3)CC2)cc1. The number of hydrogen-bond donors (Lipinski definition) is 2. The maximum Gasteiger partial charge on any atom is 0.251 e. The minimum absolute atomic E-state index is 0.0721. The monoisotopic (exact) mass is 429 g/mol. The molecule has 2 heterocycles. The first kappa shape index (κ1) is 22.1. The number of piperidine rings is 2. The van der Waals surface area contributed by atoms with Crippen LogP contribution in [-0.2, 0) is 4.79 Å². The number of likely N-dealkylation sites (tertiary alicyclic amines) is 2. The summed E-state index contributed by atoms with van der Waals surface area (Å²) in [6, 6.07) is 7.31. The maximum absolute atomic E-state index is 12.4. The predicted molar refractivity (Wildman–Crippen MR) is 118 cm³/mol. The van der Waals surface area contributed by atoms with Crippen LogP contribution in [0.1, 0.15) is 55.3 Å². The summed E-state index contributed by atoms with van der Waals surface area (Å²) >= 11 is 0. The molecule has 2 amide bonds. The lowest BCUT2D eigenvalue weighted by Crippen LogP contribution is -2.42. The summed E-state index contributed by atoms with van der Waals surface area (Å²) in [7, 11) is 0. The lowest BCUT2D eigenvalue weighted by molar-refractivity contribution is -0.134. The van der Waals surface area contributed by atoms with Gasteiger partial charge in [-0.25, -0.2) is 0 Å². The number of aliphatic hydroxyl groups is 1. The fourth-order valence-electron chi connectivity index (χ4n) is 4.50. The number of β-amino-alcohol motifs (C(OH)–C–C–N with tert-alkyl or cyclic N) is 1. The maximum atomic E-state index is 12.4. The molecular formula is C24H35N3O4. The second kappa shape index (κ2) is 10.5. The van der Waals surface area contributed by atoms with Gasteiger partial charge in [-0.05, 0) is 69.5 Å². The van der Waals surface area contributed by atoms with Crippen LogP contribution >= 0.6 is 0 Å². The van der Waals surface area contributed by atoms with Crippen LogP contribution in [0.3, 0.4) is 0 Å². The van der Waals surface area contributed by atoms with E-state index in [-0.39, 0.29) is 24.0 Å². The smallest absolute Gasteiger partial charge is 0.251 e. The molecule has 0 spiro atoms. The van der Waals surface area contributed by atoms with Crippen molar-refractivity contribution in [3.8, 4) is 5.75 Å². The van der Waals surface area contributed by atoms with Crippen LogP contribution in [0.25, 0.3) is 0 Å². The van der Waals surface area contributed by atoms with Gasteiger partial charge in [0.2, 0.25) is 5.91 Å². The Morgan fingerprint density at radius 1 is 1.03 bits per heavy atom. The van der Waals surface area contributed by atoms with Gasteiger partial charge in [-0.15, -0.1) is 0 Å². The molecule has 3 aliphatic rings. The third-order valence-corrected chi connectivity index (χ3v) is 6.52. The highest BCUT2D eigenvalue weighted by Gasteiger charge is 2.35. The number of hydrogen-bond acceptors (Lipinski definition) is 5. The zero-order chi connectivity index (χ0) is 21.6. The van der Waals surface area contributed by atoms with Gasteiger partial charge in [0.15, 0.2) is 0 Å². The third kappa shape index (κ3) is 6.43. The summed E-state index contributed by atoms with van der Waals surface area (Å²) in [5.41, 5.74) is 0.630. The predicted octanol–water partition coefficient (Wildman–Crippen LogP) is 2.04. The Bertz CT molecular complexity index is 742. The quantitative estimate of drug-likeness (QED) is 0.618. The van der Waals surface area contributed by atoms with E-state index < -0.39 is 0 Å². The molecular weight excluding hydrogens is 394 g/mol. The topological polar surface area (TPSA) is 82.1 Å². The van der Waals surface area contributed by atoms with Crippen molar-refractivity contribution in [1.29, 1.82) is 0 Å². The molecule has 170 valence electrons. The zero-order valence-corrected chi connectivity index (χ0v) is 18.3. The van der Waals surface area contributed by atoms with Gasteiger partial charge < -0.3 is 25.0 Å². The number of carbonyl (C=O) groups is 2. The first-order valence-electron chi connectivity index (χ1n) is 11.8. The summed E-state index contributed by atoms with van der Waals surface area (Å²) in [6.07, 6.45) is 6.55. The van der Waals surface area contributed by atoms with Crippen molar-refractivity contribution in [3.05, 3.63) is 29.8 Å². The number of rotatable bonds is 8. The van der Waals surface area contributed by atoms with Gasteiger partial charge in [-0.3, -0.25) is 9.59 Å². The molecule has 1 aliphatic carbocycles. The molecule has 1 aromatic carbocycles. The molecule has 4 rings (SSSR count). The Hall–Kier alpha value is -2.12. The van der Waals surface area contributed by atoms with Crippen molar-refractivity contribution in [3.63, 3.8) is 0 Å². The highest BCUT2D eigenvalue weighted by atomic mass is 16.5. The Morgan fingerprint density at radius 3 is 2.45 bits per heavy atom. The number of benzene rings is 1. The van der Waals surface area contributed by atoms with Crippen molar-refractivity contribution in [2.75, 3.05) is 39.3 Å². The number of carbonyl (C=O) groups excluding carboxylic acids is 2. The number of nitrogens with zero attached hydrogens (tertiary/aromatic N) is 2. The molecule has 1 saturated carbocycles. The summed E-state index contributed by atoms with van der Waals surface area (Å²) in [5, 5.41) is 12.7. The van der Waals surface area contributed by atoms with E-state index in [1.165, 1.54) is 0 Å². The van der Waals surface area contributed by atoms with Crippen LogP contribution in [0.15, 0.2) is 24.3 Å². The highest BCUT2D eigenvalue weighted by Crippen LogP contribution is 2.32. The zero-order valence-electron chi connectivity index (χ0n) is 18.3. The van der Waals surface area contributed by atoms with Gasteiger partial charge in [-0.1, -0.05) is 0 Å². The molecule has 7 nitrogen and oxygen atoms in total. The molecule has 2 N–H and O–H groups in total. The van der Waals surface area contributed by atoms with E-state index in [4.69, 9.17) is 4.74 Å². The molecule has 3 fully saturated rings.